The molecule has 1 amide bonds. The number of ether oxygens (including phenoxy) is 1. The van der Waals surface area contributed by atoms with Gasteiger partial charge in [-0.15, -0.1) is 0 Å². The van der Waals surface area contributed by atoms with Gasteiger partial charge in [0.1, 0.15) is 0 Å². The van der Waals surface area contributed by atoms with E-state index in [1.54, 1.807) is 24.2 Å². The first kappa shape index (κ1) is 17.5. The van der Waals surface area contributed by atoms with Crippen molar-refractivity contribution in [3.05, 3.63) is 59.2 Å². The second-order valence-corrected chi connectivity index (χ2v) is 6.39. The number of rotatable bonds is 5. The minimum atomic E-state index is -0.166. The minimum absolute atomic E-state index is 0.166. The van der Waals surface area contributed by atoms with Crippen LogP contribution in [-0.4, -0.2) is 59.0 Å². The molecule has 132 valence electrons. The van der Waals surface area contributed by atoms with Crippen LogP contribution in [0.4, 0.5) is 0 Å². The zero-order chi connectivity index (χ0) is 17.6. The van der Waals surface area contributed by atoms with Crippen LogP contribution in [0.2, 0.25) is 0 Å². The Morgan fingerprint density at radius 1 is 1.16 bits per heavy atom. The number of amides is 1. The fourth-order valence-corrected chi connectivity index (χ4v) is 2.84. The third-order valence-electron chi connectivity index (χ3n) is 4.29. The summed E-state index contributed by atoms with van der Waals surface area (Å²) < 4.78 is 5.38. The summed E-state index contributed by atoms with van der Waals surface area (Å²) in [5.74, 6) is 0.0764. The first-order valence-electron chi connectivity index (χ1n) is 8.55. The Labute approximate surface area is 148 Å². The predicted octanol–water partition coefficient (Wildman–Crippen LogP) is 1.89. The zero-order valence-electron chi connectivity index (χ0n) is 14.8. The summed E-state index contributed by atoms with van der Waals surface area (Å²) in [5.41, 5.74) is 3.16. The highest BCUT2D eigenvalue weighted by Gasteiger charge is 2.15. The molecular weight excluding hydrogens is 316 g/mol. The van der Waals surface area contributed by atoms with Gasteiger partial charge in [-0.1, -0.05) is 24.3 Å². The second-order valence-electron chi connectivity index (χ2n) is 6.39. The number of aryl methyl sites for hydroxylation is 1. The van der Waals surface area contributed by atoms with Crippen LogP contribution in [0.3, 0.4) is 0 Å². The fourth-order valence-electron chi connectivity index (χ4n) is 2.84. The van der Waals surface area contributed by atoms with Crippen molar-refractivity contribution in [2.75, 3.05) is 33.4 Å². The van der Waals surface area contributed by atoms with Crippen molar-refractivity contribution in [2.45, 2.75) is 20.0 Å². The number of carbonyl (C=O) groups excluding carboxylic acids is 1. The lowest BCUT2D eigenvalue weighted by molar-refractivity contribution is 0.0342. The Morgan fingerprint density at radius 2 is 1.84 bits per heavy atom. The lowest BCUT2D eigenvalue weighted by Crippen LogP contribution is -2.35. The number of benzene rings is 1. The molecule has 0 atom stereocenters. The van der Waals surface area contributed by atoms with Crippen LogP contribution in [0.1, 0.15) is 27.4 Å². The quantitative estimate of drug-likeness (QED) is 0.832. The van der Waals surface area contributed by atoms with Crippen LogP contribution in [0.5, 0.6) is 0 Å². The largest absolute Gasteiger partial charge is 0.379 e. The molecule has 0 aliphatic carbocycles. The smallest absolute Gasteiger partial charge is 0.291 e. The first-order valence-corrected chi connectivity index (χ1v) is 8.55. The summed E-state index contributed by atoms with van der Waals surface area (Å²) >= 11 is 0. The lowest BCUT2D eigenvalue weighted by Gasteiger charge is -2.26. The minimum Gasteiger partial charge on any atom is -0.379 e. The average Bonchev–Trinajstić information content (AvgIpc) is 2.63. The van der Waals surface area contributed by atoms with E-state index in [0.29, 0.717) is 6.54 Å². The lowest BCUT2D eigenvalue weighted by atomic mass is 10.1. The SMILES string of the molecule is Cc1ccnc(C(=O)N(C)Cc2ccc(CN3CCOCC3)cc2)n1. The molecule has 0 radical (unpaired) electrons. The van der Waals surface area contributed by atoms with Gasteiger partial charge in [-0.25, -0.2) is 9.97 Å². The highest BCUT2D eigenvalue weighted by Crippen LogP contribution is 2.11. The van der Waals surface area contributed by atoms with Crippen LogP contribution in [0, 0.1) is 6.92 Å². The molecular formula is C19H24N4O2. The van der Waals surface area contributed by atoms with Crippen LogP contribution in [0.15, 0.2) is 36.5 Å². The van der Waals surface area contributed by atoms with Crippen LogP contribution >= 0.6 is 0 Å². The summed E-state index contributed by atoms with van der Waals surface area (Å²) in [6.07, 6.45) is 1.61. The van der Waals surface area contributed by atoms with E-state index in [1.165, 1.54) is 5.56 Å². The standard InChI is InChI=1S/C19H24N4O2/c1-15-7-8-20-18(21-15)19(24)22(2)13-16-3-5-17(6-4-16)14-23-9-11-25-12-10-23/h3-8H,9-14H2,1-2H3. The third-order valence-corrected chi connectivity index (χ3v) is 4.29. The van der Waals surface area contributed by atoms with E-state index in [2.05, 4.69) is 39.1 Å². The number of carbonyl (C=O) groups is 1. The molecule has 2 heterocycles. The predicted molar refractivity (Wildman–Crippen MR) is 95.1 cm³/mol. The topological polar surface area (TPSA) is 58.6 Å². The Bertz CT molecular complexity index is 712. The number of nitrogens with zero attached hydrogens (tertiary/aromatic N) is 4. The zero-order valence-corrected chi connectivity index (χ0v) is 14.8. The van der Waals surface area contributed by atoms with Crippen LogP contribution in [0.25, 0.3) is 0 Å². The monoisotopic (exact) mass is 340 g/mol. The van der Waals surface area contributed by atoms with Gasteiger partial charge in [-0.3, -0.25) is 9.69 Å². The molecule has 25 heavy (non-hydrogen) atoms. The Kier molecular flexibility index (Phi) is 5.73. The summed E-state index contributed by atoms with van der Waals surface area (Å²) in [6.45, 7) is 6.91. The van der Waals surface area contributed by atoms with Gasteiger partial charge in [-0.05, 0) is 24.1 Å². The van der Waals surface area contributed by atoms with Gasteiger partial charge in [0.25, 0.3) is 5.91 Å². The Morgan fingerprint density at radius 3 is 2.52 bits per heavy atom. The first-order chi connectivity index (χ1) is 12.1. The second kappa shape index (κ2) is 8.18. The molecule has 0 N–H and O–H groups in total. The van der Waals surface area contributed by atoms with E-state index in [1.807, 2.05) is 6.92 Å². The molecule has 6 heteroatoms. The molecule has 2 aromatic rings. The average molecular weight is 340 g/mol. The van der Waals surface area contributed by atoms with Crippen molar-refractivity contribution in [2.24, 2.45) is 0 Å². The fraction of sp³-hybridized carbons (Fsp3) is 0.421. The van der Waals surface area contributed by atoms with Crippen molar-refractivity contribution >= 4 is 5.91 Å². The number of hydrogen-bond donors (Lipinski definition) is 0. The maximum absolute atomic E-state index is 12.4. The van der Waals surface area contributed by atoms with E-state index in [0.717, 1.165) is 44.1 Å². The van der Waals surface area contributed by atoms with Crippen molar-refractivity contribution in [1.29, 1.82) is 0 Å². The van der Waals surface area contributed by atoms with Crippen molar-refractivity contribution in [1.82, 2.24) is 19.8 Å². The number of aromatic nitrogens is 2. The molecule has 1 saturated heterocycles. The van der Waals surface area contributed by atoms with Gasteiger partial charge >= 0.3 is 0 Å². The molecule has 0 unspecified atom stereocenters. The third kappa shape index (κ3) is 4.84. The van der Waals surface area contributed by atoms with Crippen molar-refractivity contribution in [3.8, 4) is 0 Å². The maximum Gasteiger partial charge on any atom is 0.291 e. The molecule has 3 rings (SSSR count). The molecule has 1 fully saturated rings. The molecule has 0 bridgehead atoms. The van der Waals surface area contributed by atoms with Gasteiger partial charge in [-0.2, -0.15) is 0 Å². The molecule has 0 saturated carbocycles. The summed E-state index contributed by atoms with van der Waals surface area (Å²) in [5, 5.41) is 0. The molecule has 0 spiro atoms. The maximum atomic E-state index is 12.4. The molecule has 1 aliphatic heterocycles. The molecule has 1 aromatic carbocycles. The summed E-state index contributed by atoms with van der Waals surface area (Å²) in [6, 6.07) is 10.2. The van der Waals surface area contributed by atoms with E-state index >= 15 is 0 Å². The number of morpholine rings is 1. The van der Waals surface area contributed by atoms with Crippen LogP contribution in [-0.2, 0) is 17.8 Å². The van der Waals surface area contributed by atoms with Gasteiger partial charge < -0.3 is 9.64 Å². The van der Waals surface area contributed by atoms with Gasteiger partial charge in [0.15, 0.2) is 0 Å². The van der Waals surface area contributed by atoms with E-state index < -0.39 is 0 Å². The van der Waals surface area contributed by atoms with E-state index in [-0.39, 0.29) is 11.7 Å². The van der Waals surface area contributed by atoms with Gasteiger partial charge in [0.05, 0.1) is 13.2 Å². The highest BCUT2D eigenvalue weighted by atomic mass is 16.5. The summed E-state index contributed by atoms with van der Waals surface area (Å²) in [4.78, 5) is 24.7. The van der Waals surface area contributed by atoms with E-state index in [9.17, 15) is 4.79 Å². The summed E-state index contributed by atoms with van der Waals surface area (Å²) in [7, 11) is 1.77. The normalized spacial score (nSPS) is 15.1. The Hall–Kier alpha value is -2.31. The molecule has 6 nitrogen and oxygen atoms in total. The van der Waals surface area contributed by atoms with Crippen LogP contribution < -0.4 is 0 Å². The van der Waals surface area contributed by atoms with E-state index in [4.69, 9.17) is 4.74 Å². The van der Waals surface area contributed by atoms with Crippen molar-refractivity contribution < 1.29 is 9.53 Å². The Balaban J connectivity index is 1.57. The highest BCUT2D eigenvalue weighted by molar-refractivity contribution is 5.90. The van der Waals surface area contributed by atoms with Gasteiger partial charge in [0.2, 0.25) is 5.82 Å². The molecule has 1 aromatic heterocycles. The molecule has 1 aliphatic rings. The van der Waals surface area contributed by atoms with Crippen molar-refractivity contribution in [3.63, 3.8) is 0 Å². The van der Waals surface area contributed by atoms with Gasteiger partial charge in [0, 0.05) is 45.1 Å². The number of hydrogen-bond acceptors (Lipinski definition) is 5.